The highest BCUT2D eigenvalue weighted by molar-refractivity contribution is 9.10. The van der Waals surface area contributed by atoms with E-state index in [0.29, 0.717) is 44.0 Å². The molecule has 1 amide bonds. The molecule has 0 unspecified atom stereocenters. The molecule has 28 heavy (non-hydrogen) atoms. The van der Waals surface area contributed by atoms with Crippen molar-refractivity contribution in [3.8, 4) is 0 Å². The Balaban J connectivity index is 1.71. The number of hydrogen-bond donors (Lipinski definition) is 1. The van der Waals surface area contributed by atoms with Gasteiger partial charge in [0.1, 0.15) is 5.69 Å². The number of nitrogens with zero attached hydrogens (tertiary/aromatic N) is 3. The molecular formula is C20H21BrN4O3. The first kappa shape index (κ1) is 19.9. The van der Waals surface area contributed by atoms with Gasteiger partial charge in [0.05, 0.1) is 10.5 Å². The molecule has 2 aromatic carbocycles. The Kier molecular flexibility index (Phi) is 6.30. The summed E-state index contributed by atoms with van der Waals surface area (Å²) in [5, 5.41) is 14.3. The van der Waals surface area contributed by atoms with Gasteiger partial charge in [-0.2, -0.15) is 0 Å². The van der Waals surface area contributed by atoms with Crippen molar-refractivity contribution in [2.45, 2.75) is 0 Å². The van der Waals surface area contributed by atoms with Gasteiger partial charge in [0.15, 0.2) is 0 Å². The first-order chi connectivity index (χ1) is 13.5. The van der Waals surface area contributed by atoms with Crippen LogP contribution in [0.4, 0.5) is 17.1 Å². The zero-order valence-electron chi connectivity index (χ0n) is 15.3. The quantitative estimate of drug-likeness (QED) is 0.414. The lowest BCUT2D eigenvalue weighted by atomic mass is 10.1. The normalized spacial score (nSPS) is 13.9. The molecule has 3 rings (SSSR count). The number of benzene rings is 2. The highest BCUT2D eigenvalue weighted by atomic mass is 79.9. The van der Waals surface area contributed by atoms with Gasteiger partial charge < -0.3 is 15.1 Å². The monoisotopic (exact) mass is 444 g/mol. The van der Waals surface area contributed by atoms with E-state index in [9.17, 15) is 14.9 Å². The number of carbonyl (C=O) groups excluding carboxylic acids is 1. The van der Waals surface area contributed by atoms with Crippen LogP contribution in [0.15, 0.2) is 59.6 Å². The lowest BCUT2D eigenvalue weighted by Crippen LogP contribution is -2.48. The van der Waals surface area contributed by atoms with Crippen molar-refractivity contribution < 1.29 is 9.72 Å². The molecule has 1 heterocycles. The molecule has 0 aromatic heterocycles. The predicted molar refractivity (Wildman–Crippen MR) is 114 cm³/mol. The average Bonchev–Trinajstić information content (AvgIpc) is 2.72. The molecule has 1 fully saturated rings. The Labute approximate surface area is 171 Å². The van der Waals surface area contributed by atoms with Gasteiger partial charge >= 0.3 is 0 Å². The second-order valence-corrected chi connectivity index (χ2v) is 7.24. The largest absolute Gasteiger partial charge is 0.376 e. The fourth-order valence-corrected chi connectivity index (χ4v) is 3.63. The van der Waals surface area contributed by atoms with Crippen molar-refractivity contribution >= 4 is 38.9 Å². The number of nitrogens with one attached hydrogen (secondary N) is 1. The third-order valence-corrected chi connectivity index (χ3v) is 5.34. The number of nitro groups is 1. The molecule has 146 valence electrons. The van der Waals surface area contributed by atoms with E-state index in [1.807, 2.05) is 29.2 Å². The third-order valence-electron chi connectivity index (χ3n) is 4.65. The van der Waals surface area contributed by atoms with Crippen LogP contribution in [-0.4, -0.2) is 48.5 Å². The summed E-state index contributed by atoms with van der Waals surface area (Å²) in [6, 6.07) is 12.5. The summed E-state index contributed by atoms with van der Waals surface area (Å²) in [7, 11) is 0. The summed E-state index contributed by atoms with van der Waals surface area (Å²) in [5.41, 5.74) is 2.05. The van der Waals surface area contributed by atoms with Crippen LogP contribution in [0.1, 0.15) is 10.4 Å². The van der Waals surface area contributed by atoms with Crippen LogP contribution in [0.2, 0.25) is 0 Å². The number of nitro benzene ring substituents is 1. The molecule has 7 nitrogen and oxygen atoms in total. The van der Waals surface area contributed by atoms with E-state index in [2.05, 4.69) is 32.7 Å². The second-order valence-electron chi connectivity index (χ2n) is 6.39. The molecule has 0 spiro atoms. The van der Waals surface area contributed by atoms with E-state index in [4.69, 9.17) is 0 Å². The molecular weight excluding hydrogens is 424 g/mol. The number of piperazine rings is 1. The molecule has 2 aromatic rings. The van der Waals surface area contributed by atoms with Crippen LogP contribution < -0.4 is 10.2 Å². The van der Waals surface area contributed by atoms with Crippen LogP contribution >= 0.6 is 15.9 Å². The molecule has 0 saturated carbocycles. The summed E-state index contributed by atoms with van der Waals surface area (Å²) >= 11 is 3.43. The van der Waals surface area contributed by atoms with Crippen molar-refractivity contribution in [2.75, 3.05) is 42.9 Å². The van der Waals surface area contributed by atoms with Gasteiger partial charge in [-0.1, -0.05) is 18.2 Å². The number of hydrogen-bond acceptors (Lipinski definition) is 5. The van der Waals surface area contributed by atoms with Crippen LogP contribution in [-0.2, 0) is 0 Å². The number of carbonyl (C=O) groups is 1. The van der Waals surface area contributed by atoms with Crippen LogP contribution in [0.5, 0.6) is 0 Å². The fourth-order valence-electron chi connectivity index (χ4n) is 3.18. The van der Waals surface area contributed by atoms with Crippen LogP contribution in [0.3, 0.4) is 0 Å². The lowest BCUT2D eigenvalue weighted by molar-refractivity contribution is -0.383. The van der Waals surface area contributed by atoms with E-state index in [1.54, 1.807) is 18.2 Å². The van der Waals surface area contributed by atoms with Gasteiger partial charge in [-0.3, -0.25) is 14.9 Å². The van der Waals surface area contributed by atoms with Gasteiger partial charge in [0.2, 0.25) is 0 Å². The van der Waals surface area contributed by atoms with Crippen LogP contribution in [0.25, 0.3) is 0 Å². The molecule has 1 aliphatic heterocycles. The van der Waals surface area contributed by atoms with Gasteiger partial charge in [-0.25, -0.2) is 0 Å². The molecule has 0 atom stereocenters. The van der Waals surface area contributed by atoms with Crippen molar-refractivity contribution in [1.82, 2.24) is 4.90 Å². The van der Waals surface area contributed by atoms with Gasteiger partial charge in [0, 0.05) is 49.0 Å². The minimum absolute atomic E-state index is 0.00385. The van der Waals surface area contributed by atoms with Gasteiger partial charge in [0.25, 0.3) is 11.6 Å². The molecule has 0 aliphatic carbocycles. The maximum absolute atomic E-state index is 12.7. The molecule has 1 saturated heterocycles. The van der Waals surface area contributed by atoms with E-state index in [-0.39, 0.29) is 11.6 Å². The zero-order valence-corrected chi connectivity index (χ0v) is 16.9. The minimum Gasteiger partial charge on any atom is -0.376 e. The molecule has 0 bridgehead atoms. The highest BCUT2D eigenvalue weighted by Gasteiger charge is 2.24. The Bertz CT molecular complexity index is 895. The summed E-state index contributed by atoms with van der Waals surface area (Å²) in [5.74, 6) is 0.00385. The number of anilines is 2. The first-order valence-electron chi connectivity index (χ1n) is 8.93. The topological polar surface area (TPSA) is 78.7 Å². The zero-order chi connectivity index (χ0) is 20.1. The van der Waals surface area contributed by atoms with E-state index < -0.39 is 4.92 Å². The van der Waals surface area contributed by atoms with Gasteiger partial charge in [-0.15, -0.1) is 6.58 Å². The maximum atomic E-state index is 12.7. The summed E-state index contributed by atoms with van der Waals surface area (Å²) in [6.45, 7) is 6.58. The Hall–Kier alpha value is -2.87. The lowest BCUT2D eigenvalue weighted by Gasteiger charge is -2.36. The highest BCUT2D eigenvalue weighted by Crippen LogP contribution is 2.30. The fraction of sp³-hybridized carbons (Fsp3) is 0.250. The third kappa shape index (κ3) is 4.33. The van der Waals surface area contributed by atoms with Crippen LogP contribution in [0, 0.1) is 10.1 Å². The summed E-state index contributed by atoms with van der Waals surface area (Å²) in [6.07, 6.45) is 1.66. The van der Waals surface area contributed by atoms with Gasteiger partial charge in [-0.05, 0) is 40.2 Å². The number of rotatable bonds is 6. The summed E-state index contributed by atoms with van der Waals surface area (Å²) < 4.78 is 0.788. The van der Waals surface area contributed by atoms with Crippen molar-refractivity contribution in [2.24, 2.45) is 0 Å². The van der Waals surface area contributed by atoms with E-state index in [0.717, 1.165) is 10.2 Å². The summed E-state index contributed by atoms with van der Waals surface area (Å²) in [4.78, 5) is 27.5. The molecule has 8 heteroatoms. The average molecular weight is 445 g/mol. The SMILES string of the molecule is C=CCNc1cc(N2CCN(C(=O)c3ccccc3Br)CC2)ccc1[N+](=O)[O-]. The van der Waals surface area contributed by atoms with E-state index in [1.165, 1.54) is 6.07 Å². The number of halogens is 1. The Morgan fingerprint density at radius 1 is 1.21 bits per heavy atom. The molecule has 1 aliphatic rings. The smallest absolute Gasteiger partial charge is 0.292 e. The maximum Gasteiger partial charge on any atom is 0.292 e. The standard InChI is InChI=1S/C20H21BrN4O3/c1-2-9-22-18-14-15(7-8-19(18)25(27)28)23-10-12-24(13-11-23)20(26)16-5-3-4-6-17(16)21/h2-8,14,22H,1,9-13H2. The van der Waals surface area contributed by atoms with Crippen molar-refractivity contribution in [1.29, 1.82) is 0 Å². The molecule has 0 radical (unpaired) electrons. The Morgan fingerprint density at radius 3 is 2.57 bits per heavy atom. The molecule has 1 N–H and O–H groups in total. The van der Waals surface area contributed by atoms with Crippen molar-refractivity contribution in [3.63, 3.8) is 0 Å². The first-order valence-corrected chi connectivity index (χ1v) is 9.72. The minimum atomic E-state index is -0.399. The van der Waals surface area contributed by atoms with E-state index >= 15 is 0 Å². The number of amides is 1. The van der Waals surface area contributed by atoms with Crippen molar-refractivity contribution in [3.05, 3.63) is 75.3 Å². The predicted octanol–water partition coefficient (Wildman–Crippen LogP) is 3.92. The Morgan fingerprint density at radius 2 is 1.93 bits per heavy atom. The second kappa shape index (κ2) is 8.88.